The maximum atomic E-state index is 12.4. The maximum Gasteiger partial charge on any atom is 0.237 e. The molecule has 0 bridgehead atoms. The first-order valence-electron chi connectivity index (χ1n) is 8.39. The summed E-state index contributed by atoms with van der Waals surface area (Å²) in [7, 11) is 2.01. The summed E-state index contributed by atoms with van der Waals surface area (Å²) in [5.41, 5.74) is 0. The minimum atomic E-state index is 0.0246. The summed E-state index contributed by atoms with van der Waals surface area (Å²) in [6, 6.07) is 0.452. The van der Waals surface area contributed by atoms with Crippen molar-refractivity contribution >= 4 is 5.91 Å². The Balaban J connectivity index is 1.79. The molecule has 116 valence electrons. The first-order valence-corrected chi connectivity index (χ1v) is 8.39. The molecule has 1 saturated heterocycles. The second-order valence-corrected chi connectivity index (χ2v) is 6.58. The number of likely N-dealkylation sites (tertiary alicyclic amines) is 1. The Labute approximate surface area is 123 Å². The molecule has 0 aromatic rings. The van der Waals surface area contributed by atoms with E-state index in [1.54, 1.807) is 0 Å². The largest absolute Gasteiger partial charge is 0.352 e. The fraction of sp³-hybridized carbons (Fsp3) is 0.938. The van der Waals surface area contributed by atoms with Crippen LogP contribution in [0.2, 0.25) is 0 Å². The lowest BCUT2D eigenvalue weighted by molar-refractivity contribution is -0.127. The second kappa shape index (κ2) is 7.99. The van der Waals surface area contributed by atoms with E-state index in [4.69, 9.17) is 0 Å². The summed E-state index contributed by atoms with van der Waals surface area (Å²) in [5.74, 6) is 0.931. The fourth-order valence-corrected chi connectivity index (χ4v) is 3.64. The minimum Gasteiger partial charge on any atom is -0.352 e. The Bertz CT molecular complexity index is 300. The van der Waals surface area contributed by atoms with Gasteiger partial charge in [0.25, 0.3) is 0 Å². The highest BCUT2D eigenvalue weighted by Crippen LogP contribution is 2.20. The van der Waals surface area contributed by atoms with Crippen molar-refractivity contribution < 1.29 is 4.79 Å². The third kappa shape index (κ3) is 4.45. The van der Waals surface area contributed by atoms with Crippen LogP contribution in [0.4, 0.5) is 0 Å². The quantitative estimate of drug-likeness (QED) is 0.807. The number of hydrogen-bond donors (Lipinski definition) is 2. The van der Waals surface area contributed by atoms with Gasteiger partial charge in [0, 0.05) is 12.6 Å². The summed E-state index contributed by atoms with van der Waals surface area (Å²) >= 11 is 0. The Morgan fingerprint density at radius 2 is 1.95 bits per heavy atom. The van der Waals surface area contributed by atoms with Gasteiger partial charge in [0.15, 0.2) is 0 Å². The normalized spacial score (nSPS) is 27.2. The van der Waals surface area contributed by atoms with Crippen molar-refractivity contribution in [3.05, 3.63) is 0 Å². The molecule has 0 spiro atoms. The van der Waals surface area contributed by atoms with E-state index in [2.05, 4.69) is 22.5 Å². The smallest absolute Gasteiger partial charge is 0.237 e. The summed E-state index contributed by atoms with van der Waals surface area (Å²) in [6.07, 6.45) is 8.71. The van der Waals surface area contributed by atoms with Gasteiger partial charge in [0.2, 0.25) is 5.91 Å². The Morgan fingerprint density at radius 1 is 1.20 bits per heavy atom. The van der Waals surface area contributed by atoms with E-state index >= 15 is 0 Å². The van der Waals surface area contributed by atoms with Crippen molar-refractivity contribution in [1.29, 1.82) is 0 Å². The molecule has 0 aromatic heterocycles. The molecule has 4 heteroatoms. The first kappa shape index (κ1) is 15.8. The van der Waals surface area contributed by atoms with Crippen LogP contribution in [-0.4, -0.2) is 49.6 Å². The van der Waals surface area contributed by atoms with E-state index in [0.29, 0.717) is 12.0 Å². The minimum absolute atomic E-state index is 0.0246. The zero-order chi connectivity index (χ0) is 14.4. The van der Waals surface area contributed by atoms with Crippen LogP contribution in [0.5, 0.6) is 0 Å². The predicted octanol–water partition coefficient (Wildman–Crippen LogP) is 1.76. The van der Waals surface area contributed by atoms with E-state index < -0.39 is 0 Å². The van der Waals surface area contributed by atoms with Crippen molar-refractivity contribution in [2.45, 2.75) is 64.0 Å². The summed E-state index contributed by atoms with van der Waals surface area (Å²) in [4.78, 5) is 14.8. The van der Waals surface area contributed by atoms with Gasteiger partial charge >= 0.3 is 0 Å². The van der Waals surface area contributed by atoms with Gasteiger partial charge in [-0.05, 0) is 58.7 Å². The molecule has 2 N–H and O–H groups in total. The molecule has 20 heavy (non-hydrogen) atoms. The molecule has 1 amide bonds. The van der Waals surface area contributed by atoms with Crippen LogP contribution < -0.4 is 10.6 Å². The van der Waals surface area contributed by atoms with Crippen molar-refractivity contribution in [3.63, 3.8) is 0 Å². The Kier molecular flexibility index (Phi) is 6.30. The van der Waals surface area contributed by atoms with Crippen LogP contribution in [0.3, 0.4) is 0 Å². The number of piperidine rings is 1. The van der Waals surface area contributed by atoms with Crippen molar-refractivity contribution in [3.8, 4) is 0 Å². The SMILES string of the molecule is CNCC1CCCN(C(C)C(=O)NC2CCCCC2)C1. The van der Waals surface area contributed by atoms with E-state index in [0.717, 1.165) is 19.6 Å². The third-order valence-corrected chi connectivity index (χ3v) is 4.92. The van der Waals surface area contributed by atoms with Gasteiger partial charge < -0.3 is 10.6 Å². The van der Waals surface area contributed by atoms with E-state index in [9.17, 15) is 4.79 Å². The molecule has 4 nitrogen and oxygen atoms in total. The number of nitrogens with zero attached hydrogens (tertiary/aromatic N) is 1. The van der Waals surface area contributed by atoms with Crippen LogP contribution in [0.25, 0.3) is 0 Å². The van der Waals surface area contributed by atoms with Crippen LogP contribution >= 0.6 is 0 Å². The highest BCUT2D eigenvalue weighted by atomic mass is 16.2. The number of amides is 1. The molecule has 1 heterocycles. The Morgan fingerprint density at radius 3 is 2.65 bits per heavy atom. The summed E-state index contributed by atoms with van der Waals surface area (Å²) in [5, 5.41) is 6.53. The van der Waals surface area contributed by atoms with Gasteiger partial charge in [0.05, 0.1) is 6.04 Å². The molecule has 1 saturated carbocycles. The van der Waals surface area contributed by atoms with Gasteiger partial charge in [-0.1, -0.05) is 19.3 Å². The van der Waals surface area contributed by atoms with E-state index in [1.807, 2.05) is 7.05 Å². The zero-order valence-electron chi connectivity index (χ0n) is 13.2. The highest BCUT2D eigenvalue weighted by Gasteiger charge is 2.28. The van der Waals surface area contributed by atoms with Crippen LogP contribution in [0.15, 0.2) is 0 Å². The molecule has 1 aliphatic heterocycles. The molecule has 2 atom stereocenters. The second-order valence-electron chi connectivity index (χ2n) is 6.58. The first-order chi connectivity index (χ1) is 9.70. The molecule has 0 aromatic carbocycles. The lowest BCUT2D eigenvalue weighted by Gasteiger charge is -2.37. The average Bonchev–Trinajstić information content (AvgIpc) is 2.48. The molecule has 2 fully saturated rings. The van der Waals surface area contributed by atoms with E-state index in [-0.39, 0.29) is 11.9 Å². The number of rotatable bonds is 5. The van der Waals surface area contributed by atoms with Gasteiger partial charge in [-0.2, -0.15) is 0 Å². The maximum absolute atomic E-state index is 12.4. The molecule has 1 aliphatic carbocycles. The zero-order valence-corrected chi connectivity index (χ0v) is 13.2. The summed E-state index contributed by atoms with van der Waals surface area (Å²) < 4.78 is 0. The molecular weight excluding hydrogens is 250 g/mol. The Hall–Kier alpha value is -0.610. The number of nitrogens with one attached hydrogen (secondary N) is 2. The van der Waals surface area contributed by atoms with Gasteiger partial charge in [0.1, 0.15) is 0 Å². The molecule has 0 radical (unpaired) electrons. The number of hydrogen-bond acceptors (Lipinski definition) is 3. The standard InChI is InChI=1S/C16H31N3O/c1-13(16(20)18-15-8-4-3-5-9-15)19-10-6-7-14(12-19)11-17-2/h13-15,17H,3-12H2,1-2H3,(H,18,20). The predicted molar refractivity (Wildman–Crippen MR) is 82.7 cm³/mol. The monoisotopic (exact) mass is 281 g/mol. The topological polar surface area (TPSA) is 44.4 Å². The molecule has 2 rings (SSSR count). The average molecular weight is 281 g/mol. The van der Waals surface area contributed by atoms with Gasteiger partial charge in [-0.25, -0.2) is 0 Å². The number of carbonyl (C=O) groups is 1. The fourth-order valence-electron chi connectivity index (χ4n) is 3.64. The lowest BCUT2D eigenvalue weighted by atomic mass is 9.94. The molecular formula is C16H31N3O. The third-order valence-electron chi connectivity index (χ3n) is 4.92. The summed E-state index contributed by atoms with van der Waals surface area (Å²) in [6.45, 7) is 5.26. The highest BCUT2D eigenvalue weighted by molar-refractivity contribution is 5.81. The van der Waals surface area contributed by atoms with Crippen LogP contribution in [-0.2, 0) is 4.79 Å². The van der Waals surface area contributed by atoms with E-state index in [1.165, 1.54) is 44.9 Å². The number of carbonyl (C=O) groups excluding carboxylic acids is 1. The van der Waals surface area contributed by atoms with Crippen molar-refractivity contribution in [2.24, 2.45) is 5.92 Å². The molecule has 2 unspecified atom stereocenters. The van der Waals surface area contributed by atoms with Gasteiger partial charge in [-0.3, -0.25) is 9.69 Å². The van der Waals surface area contributed by atoms with Crippen molar-refractivity contribution in [1.82, 2.24) is 15.5 Å². The van der Waals surface area contributed by atoms with Crippen LogP contribution in [0.1, 0.15) is 51.9 Å². The van der Waals surface area contributed by atoms with Crippen molar-refractivity contribution in [2.75, 3.05) is 26.7 Å². The van der Waals surface area contributed by atoms with Crippen LogP contribution in [0, 0.1) is 5.92 Å². The lowest BCUT2D eigenvalue weighted by Crippen LogP contribution is -2.52. The van der Waals surface area contributed by atoms with Gasteiger partial charge in [-0.15, -0.1) is 0 Å². The molecule has 2 aliphatic rings.